The second kappa shape index (κ2) is 5.13. The van der Waals surface area contributed by atoms with Crippen LogP contribution in [0.2, 0.25) is 0 Å². The summed E-state index contributed by atoms with van der Waals surface area (Å²) in [7, 11) is 0. The maximum Gasteiger partial charge on any atom is 0.320 e. The minimum Gasteiger partial charge on any atom is -0.465 e. The van der Waals surface area contributed by atoms with Crippen LogP contribution in [0.1, 0.15) is 13.8 Å². The Morgan fingerprint density at radius 3 is 2.40 bits per heavy atom. The zero-order valence-electron chi connectivity index (χ0n) is 5.93. The lowest BCUT2D eigenvalue weighted by molar-refractivity contribution is -0.142. The summed E-state index contributed by atoms with van der Waals surface area (Å²) in [5.74, 6) is -0.216. The fraction of sp³-hybridized carbons (Fsp3) is 0.833. The van der Waals surface area contributed by atoms with Gasteiger partial charge in [0.05, 0.1) is 6.61 Å². The zero-order chi connectivity index (χ0) is 8.15. The molecule has 2 nitrogen and oxygen atoms in total. The van der Waals surface area contributed by atoms with E-state index < -0.39 is 0 Å². The van der Waals surface area contributed by atoms with Gasteiger partial charge in [-0.15, -0.1) is 0 Å². The molecule has 0 aliphatic carbocycles. The Hall–Kier alpha value is 0.430. The van der Waals surface area contributed by atoms with Gasteiger partial charge < -0.3 is 4.74 Å². The summed E-state index contributed by atoms with van der Waals surface area (Å²) in [4.78, 5) is 10.7. The standard InChI is InChI=1S/C6H10Br2O2/c1-3-10-6(9)5(8)4(2)7/h4-5H,3H2,1-2H3. The smallest absolute Gasteiger partial charge is 0.320 e. The van der Waals surface area contributed by atoms with Gasteiger partial charge in [-0.25, -0.2) is 0 Å². The Balaban J connectivity index is 3.71. The molecule has 0 saturated carbocycles. The van der Waals surface area contributed by atoms with E-state index in [1.54, 1.807) is 6.92 Å². The van der Waals surface area contributed by atoms with Gasteiger partial charge in [-0.1, -0.05) is 38.8 Å². The van der Waals surface area contributed by atoms with Crippen LogP contribution in [-0.4, -0.2) is 22.2 Å². The van der Waals surface area contributed by atoms with Gasteiger partial charge in [-0.05, 0) is 6.92 Å². The van der Waals surface area contributed by atoms with Gasteiger partial charge in [-0.2, -0.15) is 0 Å². The Bertz CT molecular complexity index is 114. The molecule has 0 radical (unpaired) electrons. The highest BCUT2D eigenvalue weighted by Gasteiger charge is 2.20. The number of ether oxygens (including phenoxy) is 1. The van der Waals surface area contributed by atoms with Crippen molar-refractivity contribution in [3.8, 4) is 0 Å². The molecule has 0 aliphatic heterocycles. The molecule has 10 heavy (non-hydrogen) atoms. The SMILES string of the molecule is CCOC(=O)C(Br)C(C)Br. The van der Waals surface area contributed by atoms with E-state index in [0.717, 1.165) is 0 Å². The monoisotopic (exact) mass is 272 g/mol. The summed E-state index contributed by atoms with van der Waals surface area (Å²) in [6.45, 7) is 4.10. The van der Waals surface area contributed by atoms with Crippen molar-refractivity contribution in [2.45, 2.75) is 23.5 Å². The first kappa shape index (κ1) is 10.4. The van der Waals surface area contributed by atoms with Crippen molar-refractivity contribution in [1.29, 1.82) is 0 Å². The van der Waals surface area contributed by atoms with Gasteiger partial charge in [0.1, 0.15) is 4.83 Å². The molecule has 0 bridgehead atoms. The third-order valence-corrected chi connectivity index (χ3v) is 3.32. The average Bonchev–Trinajstić information content (AvgIpc) is 1.87. The number of rotatable bonds is 3. The van der Waals surface area contributed by atoms with Crippen molar-refractivity contribution >= 4 is 37.8 Å². The summed E-state index contributed by atoms with van der Waals surface area (Å²) in [6.07, 6.45) is 0. The topological polar surface area (TPSA) is 26.3 Å². The molecule has 2 atom stereocenters. The Labute approximate surface area is 77.6 Å². The molecule has 0 aliphatic rings. The molecule has 0 aromatic rings. The summed E-state index contributed by atoms with van der Waals surface area (Å²) in [6, 6.07) is 0. The highest BCUT2D eigenvalue weighted by molar-refractivity contribution is 9.12. The minimum absolute atomic E-state index is 0.103. The first-order chi connectivity index (χ1) is 4.59. The predicted molar refractivity (Wildman–Crippen MR) is 47.7 cm³/mol. The van der Waals surface area contributed by atoms with Gasteiger partial charge in [0.25, 0.3) is 0 Å². The lowest BCUT2D eigenvalue weighted by Gasteiger charge is -2.09. The fourth-order valence-electron chi connectivity index (χ4n) is 0.409. The Morgan fingerprint density at radius 2 is 2.10 bits per heavy atom. The predicted octanol–water partition coefficient (Wildman–Crippen LogP) is 2.10. The van der Waals surface area contributed by atoms with Crippen LogP contribution in [0.15, 0.2) is 0 Å². The van der Waals surface area contributed by atoms with E-state index in [1.165, 1.54) is 0 Å². The number of alkyl halides is 2. The van der Waals surface area contributed by atoms with Gasteiger partial charge in [0.2, 0.25) is 0 Å². The van der Waals surface area contributed by atoms with Crippen LogP contribution in [0, 0.1) is 0 Å². The minimum atomic E-state index is -0.243. The first-order valence-corrected chi connectivity index (χ1v) is 4.87. The number of carbonyl (C=O) groups is 1. The molecule has 2 unspecified atom stereocenters. The second-order valence-corrected chi connectivity index (χ2v) is 4.26. The maximum atomic E-state index is 10.9. The van der Waals surface area contributed by atoms with Crippen molar-refractivity contribution in [1.82, 2.24) is 0 Å². The normalized spacial score (nSPS) is 16.0. The molecule has 0 amide bonds. The summed E-state index contributed by atoms with van der Waals surface area (Å²) in [5.41, 5.74) is 0. The van der Waals surface area contributed by atoms with Gasteiger partial charge >= 0.3 is 5.97 Å². The number of hydrogen-bond acceptors (Lipinski definition) is 2. The van der Waals surface area contributed by atoms with Crippen molar-refractivity contribution in [3.63, 3.8) is 0 Å². The summed E-state index contributed by atoms with van der Waals surface area (Å²) < 4.78 is 4.75. The van der Waals surface area contributed by atoms with Crippen molar-refractivity contribution in [2.75, 3.05) is 6.61 Å². The molecular formula is C6H10Br2O2. The van der Waals surface area contributed by atoms with Gasteiger partial charge in [0.15, 0.2) is 0 Å². The van der Waals surface area contributed by atoms with Crippen LogP contribution in [0.5, 0.6) is 0 Å². The van der Waals surface area contributed by atoms with Crippen LogP contribution >= 0.6 is 31.9 Å². The second-order valence-electron chi connectivity index (χ2n) is 1.83. The maximum absolute atomic E-state index is 10.9. The van der Waals surface area contributed by atoms with E-state index in [0.29, 0.717) is 6.61 Å². The highest BCUT2D eigenvalue weighted by Crippen LogP contribution is 2.14. The highest BCUT2D eigenvalue weighted by atomic mass is 79.9. The largest absolute Gasteiger partial charge is 0.465 e. The van der Waals surface area contributed by atoms with E-state index in [4.69, 9.17) is 4.74 Å². The van der Waals surface area contributed by atoms with Crippen LogP contribution in [-0.2, 0) is 9.53 Å². The third-order valence-electron chi connectivity index (χ3n) is 0.915. The molecule has 0 fully saturated rings. The van der Waals surface area contributed by atoms with E-state index in [1.807, 2.05) is 6.92 Å². The van der Waals surface area contributed by atoms with E-state index in [-0.39, 0.29) is 15.6 Å². The van der Waals surface area contributed by atoms with Crippen LogP contribution < -0.4 is 0 Å². The molecular weight excluding hydrogens is 264 g/mol. The number of esters is 1. The quantitative estimate of drug-likeness (QED) is 0.582. The molecule has 0 aromatic carbocycles. The molecule has 0 heterocycles. The zero-order valence-corrected chi connectivity index (χ0v) is 9.11. The third kappa shape index (κ3) is 3.56. The van der Waals surface area contributed by atoms with Crippen LogP contribution in [0.25, 0.3) is 0 Å². The molecule has 0 N–H and O–H groups in total. The van der Waals surface area contributed by atoms with E-state index in [2.05, 4.69) is 31.9 Å². The summed E-state index contributed by atoms with van der Waals surface area (Å²) >= 11 is 6.45. The molecule has 0 aromatic heterocycles. The first-order valence-electron chi connectivity index (χ1n) is 3.04. The Morgan fingerprint density at radius 1 is 1.60 bits per heavy atom. The van der Waals surface area contributed by atoms with Crippen LogP contribution in [0.3, 0.4) is 0 Å². The molecule has 0 rings (SSSR count). The molecule has 0 saturated heterocycles. The average molecular weight is 274 g/mol. The molecule has 4 heteroatoms. The number of halogens is 2. The summed E-state index contributed by atoms with van der Waals surface area (Å²) in [5, 5.41) is 0. The van der Waals surface area contributed by atoms with Gasteiger partial charge in [0, 0.05) is 4.83 Å². The fourth-order valence-corrected chi connectivity index (χ4v) is 0.757. The van der Waals surface area contributed by atoms with Crippen molar-refractivity contribution < 1.29 is 9.53 Å². The van der Waals surface area contributed by atoms with Crippen LogP contribution in [0.4, 0.5) is 0 Å². The lowest BCUT2D eigenvalue weighted by atomic mass is 10.3. The van der Waals surface area contributed by atoms with Gasteiger partial charge in [-0.3, -0.25) is 4.79 Å². The van der Waals surface area contributed by atoms with E-state index >= 15 is 0 Å². The van der Waals surface area contributed by atoms with Crippen molar-refractivity contribution in [3.05, 3.63) is 0 Å². The lowest BCUT2D eigenvalue weighted by Crippen LogP contribution is -2.24. The molecule has 60 valence electrons. The van der Waals surface area contributed by atoms with E-state index in [9.17, 15) is 4.79 Å². The number of hydrogen-bond donors (Lipinski definition) is 0. The Kier molecular flexibility index (Phi) is 5.35. The number of carbonyl (C=O) groups excluding carboxylic acids is 1. The van der Waals surface area contributed by atoms with Crippen molar-refractivity contribution in [2.24, 2.45) is 0 Å². The molecule has 0 spiro atoms.